The largest absolute Gasteiger partial charge is 0.265 e. The predicted molar refractivity (Wildman–Crippen MR) is 77.4 cm³/mol. The van der Waals surface area contributed by atoms with Crippen LogP contribution in [0.25, 0.3) is 0 Å². The molecule has 1 aliphatic rings. The summed E-state index contributed by atoms with van der Waals surface area (Å²) in [5.41, 5.74) is 1.35. The Morgan fingerprint density at radius 2 is 2.00 bits per heavy atom. The molecule has 0 aromatic heterocycles. The van der Waals surface area contributed by atoms with Crippen LogP contribution in [0.1, 0.15) is 45.4 Å². The van der Waals surface area contributed by atoms with Gasteiger partial charge >= 0.3 is 0 Å². The molecule has 0 amide bonds. The maximum atomic E-state index is 4.34. The molecule has 0 aromatic carbocycles. The fraction of sp³-hybridized carbons (Fsp3) is 0.438. The molecule has 1 rings (SSSR count). The lowest BCUT2D eigenvalue weighted by Gasteiger charge is -2.00. The Morgan fingerprint density at radius 1 is 1.18 bits per heavy atom. The highest BCUT2D eigenvalue weighted by Crippen LogP contribution is 2.08. The van der Waals surface area contributed by atoms with Crippen molar-refractivity contribution in [3.8, 4) is 0 Å². The van der Waals surface area contributed by atoms with Crippen molar-refractivity contribution >= 4 is 6.21 Å². The molecule has 0 spiro atoms. The number of allylic oxidation sites excluding steroid dienone is 7. The van der Waals surface area contributed by atoms with Crippen LogP contribution in [0.2, 0.25) is 0 Å². The van der Waals surface area contributed by atoms with E-state index in [1.807, 2.05) is 12.4 Å². The van der Waals surface area contributed by atoms with Crippen LogP contribution in [0.5, 0.6) is 0 Å². The molecule has 0 aliphatic heterocycles. The lowest BCUT2D eigenvalue weighted by Crippen LogP contribution is -1.86. The highest BCUT2D eigenvalue weighted by Gasteiger charge is 1.92. The van der Waals surface area contributed by atoms with Gasteiger partial charge in [-0.1, -0.05) is 49.8 Å². The smallest absolute Gasteiger partial charge is 0.0296 e. The minimum atomic E-state index is 1.09. The average Bonchev–Trinajstić information content (AvgIpc) is 2.36. The lowest BCUT2D eigenvalue weighted by molar-refractivity contribution is 0.955. The van der Waals surface area contributed by atoms with E-state index in [0.29, 0.717) is 0 Å². The summed E-state index contributed by atoms with van der Waals surface area (Å²) in [6.45, 7) is 2.18. The monoisotopic (exact) mass is 229 g/mol. The van der Waals surface area contributed by atoms with Crippen molar-refractivity contribution in [1.29, 1.82) is 0 Å². The van der Waals surface area contributed by atoms with Gasteiger partial charge in [-0.25, -0.2) is 0 Å². The highest BCUT2D eigenvalue weighted by atomic mass is 14.7. The van der Waals surface area contributed by atoms with Crippen LogP contribution in [-0.4, -0.2) is 6.21 Å². The first-order valence-corrected chi connectivity index (χ1v) is 6.62. The van der Waals surface area contributed by atoms with Gasteiger partial charge in [0.25, 0.3) is 0 Å². The maximum absolute atomic E-state index is 4.34. The van der Waals surface area contributed by atoms with Crippen molar-refractivity contribution in [2.24, 2.45) is 4.99 Å². The summed E-state index contributed by atoms with van der Waals surface area (Å²) in [6, 6.07) is 0. The van der Waals surface area contributed by atoms with E-state index in [1.165, 1.54) is 12.0 Å². The van der Waals surface area contributed by atoms with Crippen molar-refractivity contribution < 1.29 is 0 Å². The third-order valence-corrected chi connectivity index (χ3v) is 2.61. The van der Waals surface area contributed by atoms with Gasteiger partial charge in [0.2, 0.25) is 0 Å². The summed E-state index contributed by atoms with van der Waals surface area (Å²) in [7, 11) is 0. The fourth-order valence-corrected chi connectivity index (χ4v) is 1.62. The molecule has 0 saturated carbocycles. The minimum Gasteiger partial charge on any atom is -0.265 e. The molecule has 0 heterocycles. The van der Waals surface area contributed by atoms with E-state index in [4.69, 9.17) is 0 Å². The Balaban J connectivity index is 2.46. The van der Waals surface area contributed by atoms with Crippen LogP contribution >= 0.6 is 0 Å². The fourth-order valence-electron chi connectivity index (χ4n) is 1.62. The van der Waals surface area contributed by atoms with Gasteiger partial charge in [0, 0.05) is 12.4 Å². The van der Waals surface area contributed by atoms with Crippen LogP contribution in [0, 0.1) is 0 Å². The number of hydrogen-bond acceptors (Lipinski definition) is 1. The molecule has 0 saturated heterocycles. The van der Waals surface area contributed by atoms with Crippen LogP contribution in [0.15, 0.2) is 53.2 Å². The minimum absolute atomic E-state index is 1.09. The van der Waals surface area contributed by atoms with E-state index in [2.05, 4.69) is 48.4 Å². The van der Waals surface area contributed by atoms with Gasteiger partial charge in [0.15, 0.2) is 0 Å². The van der Waals surface area contributed by atoms with E-state index in [1.54, 1.807) is 0 Å². The zero-order valence-corrected chi connectivity index (χ0v) is 10.8. The summed E-state index contributed by atoms with van der Waals surface area (Å²) in [6.07, 6.45) is 23.8. The van der Waals surface area contributed by atoms with Gasteiger partial charge in [-0.05, 0) is 37.7 Å². The van der Waals surface area contributed by atoms with Crippen LogP contribution in [0.3, 0.4) is 0 Å². The molecule has 1 nitrogen and oxygen atoms in total. The third-order valence-electron chi connectivity index (χ3n) is 2.61. The van der Waals surface area contributed by atoms with E-state index in [9.17, 15) is 0 Å². The number of rotatable bonds is 4. The van der Waals surface area contributed by atoms with Crippen molar-refractivity contribution in [1.82, 2.24) is 0 Å². The summed E-state index contributed by atoms with van der Waals surface area (Å²) < 4.78 is 0. The number of aliphatic imine (C=N–C) groups is 1. The molecule has 0 bridgehead atoms. The van der Waals surface area contributed by atoms with Crippen LogP contribution in [-0.2, 0) is 0 Å². The second kappa shape index (κ2) is 9.83. The third kappa shape index (κ3) is 7.51. The van der Waals surface area contributed by atoms with E-state index in [0.717, 1.165) is 32.1 Å². The molecule has 17 heavy (non-hydrogen) atoms. The number of nitrogens with zero attached hydrogens (tertiary/aromatic N) is 1. The van der Waals surface area contributed by atoms with E-state index >= 15 is 0 Å². The molecule has 0 aromatic rings. The highest BCUT2D eigenvalue weighted by molar-refractivity contribution is 5.78. The topological polar surface area (TPSA) is 12.4 Å². The summed E-state index contributed by atoms with van der Waals surface area (Å²) in [5.74, 6) is 0. The summed E-state index contributed by atoms with van der Waals surface area (Å²) in [4.78, 5) is 4.34. The molecular formula is C16H23N. The average molecular weight is 229 g/mol. The second-order valence-corrected chi connectivity index (χ2v) is 4.20. The normalized spacial score (nSPS) is 24.6. The van der Waals surface area contributed by atoms with Crippen molar-refractivity contribution in [3.63, 3.8) is 0 Å². The van der Waals surface area contributed by atoms with Crippen LogP contribution < -0.4 is 0 Å². The van der Waals surface area contributed by atoms with E-state index in [-0.39, 0.29) is 0 Å². The van der Waals surface area contributed by atoms with Gasteiger partial charge < -0.3 is 0 Å². The van der Waals surface area contributed by atoms with Gasteiger partial charge in [-0.3, -0.25) is 4.99 Å². The van der Waals surface area contributed by atoms with Gasteiger partial charge in [-0.2, -0.15) is 0 Å². The van der Waals surface area contributed by atoms with Gasteiger partial charge in [0.1, 0.15) is 0 Å². The molecule has 92 valence electrons. The molecule has 1 heteroatoms. The standard InChI is InChI=1S/C16H23N/c1-2-3-11-14-17-15-16-12-9-7-5-4-6-8-10-13-16/h4-7,11,13-15H,2-3,8-10,12H2,1H3/b6-4-,7-5-,14-11-,16-13+,17-15+. The second-order valence-electron chi connectivity index (χ2n) is 4.20. The quantitative estimate of drug-likeness (QED) is 0.603. The SMILES string of the molecule is CCC\C=C/N=C/C1=C/CC/C=C\C=C/CC1. The summed E-state index contributed by atoms with van der Waals surface area (Å²) in [5, 5.41) is 0. The first-order valence-electron chi connectivity index (χ1n) is 6.62. The van der Waals surface area contributed by atoms with Crippen molar-refractivity contribution in [3.05, 3.63) is 48.2 Å². The number of unbranched alkanes of at least 4 members (excludes halogenated alkanes) is 1. The molecule has 1 aliphatic carbocycles. The number of hydrogen-bond donors (Lipinski definition) is 0. The first kappa shape index (κ1) is 13.7. The summed E-state index contributed by atoms with van der Waals surface area (Å²) >= 11 is 0. The molecule has 0 fully saturated rings. The molecule has 0 unspecified atom stereocenters. The van der Waals surface area contributed by atoms with Gasteiger partial charge in [-0.15, -0.1) is 0 Å². The lowest BCUT2D eigenvalue weighted by atomic mass is 10.1. The Morgan fingerprint density at radius 3 is 2.82 bits per heavy atom. The van der Waals surface area contributed by atoms with Crippen LogP contribution in [0.4, 0.5) is 0 Å². The molecule has 0 radical (unpaired) electrons. The molecular weight excluding hydrogens is 206 g/mol. The molecule has 0 N–H and O–H groups in total. The Bertz CT molecular complexity index is 329. The Labute approximate surface area is 105 Å². The van der Waals surface area contributed by atoms with Gasteiger partial charge in [0.05, 0.1) is 0 Å². The zero-order chi connectivity index (χ0) is 12.2. The predicted octanol–water partition coefficient (Wildman–Crippen LogP) is 4.98. The maximum Gasteiger partial charge on any atom is 0.0296 e. The van der Waals surface area contributed by atoms with Crippen molar-refractivity contribution in [2.45, 2.75) is 45.4 Å². The zero-order valence-electron chi connectivity index (χ0n) is 10.8. The van der Waals surface area contributed by atoms with Crippen molar-refractivity contribution in [2.75, 3.05) is 0 Å². The Kier molecular flexibility index (Phi) is 7.92. The molecule has 0 atom stereocenters. The Hall–Kier alpha value is -1.37. The first-order chi connectivity index (χ1) is 8.43. The van der Waals surface area contributed by atoms with E-state index < -0.39 is 0 Å².